The SMILES string of the molecule is CC1=CCC(c2cc(N)c(C(F)(F)F)c(F)c2)S1. The summed E-state index contributed by atoms with van der Waals surface area (Å²) in [7, 11) is 0. The first-order valence-corrected chi connectivity index (χ1v) is 6.16. The summed E-state index contributed by atoms with van der Waals surface area (Å²) < 4.78 is 51.2. The first-order chi connectivity index (χ1) is 8.29. The van der Waals surface area contributed by atoms with Crippen molar-refractivity contribution < 1.29 is 17.6 Å². The highest BCUT2D eigenvalue weighted by Crippen LogP contribution is 2.45. The Balaban J connectivity index is 2.38. The summed E-state index contributed by atoms with van der Waals surface area (Å²) in [5, 5.41) is -0.0518. The number of hydrogen-bond donors (Lipinski definition) is 1. The Morgan fingerprint density at radius 3 is 2.44 bits per heavy atom. The van der Waals surface area contributed by atoms with E-state index in [1.54, 1.807) is 0 Å². The Labute approximate surface area is 106 Å². The molecule has 6 heteroatoms. The highest BCUT2D eigenvalue weighted by atomic mass is 32.2. The number of anilines is 1. The number of nitrogens with two attached hydrogens (primary N) is 1. The summed E-state index contributed by atoms with van der Waals surface area (Å²) >= 11 is 1.51. The fourth-order valence-corrected chi connectivity index (χ4v) is 3.04. The molecule has 1 unspecified atom stereocenters. The average molecular weight is 277 g/mol. The topological polar surface area (TPSA) is 26.0 Å². The maximum Gasteiger partial charge on any atom is 0.421 e. The molecule has 0 saturated heterocycles. The third kappa shape index (κ3) is 2.48. The Morgan fingerprint density at radius 1 is 1.33 bits per heavy atom. The van der Waals surface area contributed by atoms with Gasteiger partial charge in [-0.05, 0) is 35.9 Å². The molecule has 0 spiro atoms. The second-order valence-corrected chi connectivity index (χ2v) is 5.57. The highest BCUT2D eigenvalue weighted by Gasteiger charge is 2.37. The quantitative estimate of drug-likeness (QED) is 0.604. The van der Waals surface area contributed by atoms with Crippen LogP contribution in [0, 0.1) is 5.82 Å². The van der Waals surface area contributed by atoms with E-state index in [1.165, 1.54) is 17.8 Å². The van der Waals surface area contributed by atoms with Crippen molar-refractivity contribution in [3.8, 4) is 0 Å². The van der Waals surface area contributed by atoms with Crippen LogP contribution in [0.5, 0.6) is 0 Å². The van der Waals surface area contributed by atoms with E-state index in [2.05, 4.69) is 0 Å². The number of rotatable bonds is 1. The lowest BCUT2D eigenvalue weighted by Crippen LogP contribution is -2.12. The molecule has 1 aromatic carbocycles. The number of allylic oxidation sites excluding steroid dienone is 2. The largest absolute Gasteiger partial charge is 0.421 e. The third-order valence-corrected chi connectivity index (χ3v) is 4.03. The van der Waals surface area contributed by atoms with Crippen LogP contribution in [0.15, 0.2) is 23.1 Å². The molecule has 1 atom stereocenters. The first-order valence-electron chi connectivity index (χ1n) is 5.28. The van der Waals surface area contributed by atoms with E-state index in [-0.39, 0.29) is 5.25 Å². The van der Waals surface area contributed by atoms with Gasteiger partial charge in [0.15, 0.2) is 0 Å². The minimum absolute atomic E-state index is 0.0518. The van der Waals surface area contributed by atoms with Gasteiger partial charge in [-0.25, -0.2) is 4.39 Å². The summed E-state index contributed by atoms with van der Waals surface area (Å²) in [5.74, 6) is -1.30. The van der Waals surface area contributed by atoms with Gasteiger partial charge in [0.2, 0.25) is 0 Å². The van der Waals surface area contributed by atoms with E-state index >= 15 is 0 Å². The fourth-order valence-electron chi connectivity index (χ4n) is 1.93. The van der Waals surface area contributed by atoms with Crippen LogP contribution in [0.4, 0.5) is 23.2 Å². The van der Waals surface area contributed by atoms with Gasteiger partial charge < -0.3 is 5.73 Å². The van der Waals surface area contributed by atoms with Crippen molar-refractivity contribution in [3.05, 3.63) is 40.1 Å². The molecule has 0 amide bonds. The van der Waals surface area contributed by atoms with Gasteiger partial charge in [-0.15, -0.1) is 11.8 Å². The minimum Gasteiger partial charge on any atom is -0.398 e. The Bertz CT molecular complexity index is 484. The lowest BCUT2D eigenvalue weighted by Gasteiger charge is -2.15. The van der Waals surface area contributed by atoms with Crippen molar-refractivity contribution in [1.82, 2.24) is 0 Å². The summed E-state index contributed by atoms with van der Waals surface area (Å²) in [5.41, 5.74) is 3.89. The summed E-state index contributed by atoms with van der Waals surface area (Å²) in [6, 6.07) is 2.15. The van der Waals surface area contributed by atoms with Crippen LogP contribution in [0.1, 0.15) is 29.7 Å². The summed E-state index contributed by atoms with van der Waals surface area (Å²) in [6.45, 7) is 1.91. The van der Waals surface area contributed by atoms with Gasteiger partial charge in [-0.3, -0.25) is 0 Å². The van der Waals surface area contributed by atoms with E-state index < -0.39 is 23.2 Å². The molecule has 2 N–H and O–H groups in total. The van der Waals surface area contributed by atoms with E-state index in [1.807, 2.05) is 13.0 Å². The second-order valence-electron chi connectivity index (χ2n) is 4.12. The molecule has 1 aliphatic rings. The maximum absolute atomic E-state index is 13.5. The zero-order valence-electron chi connectivity index (χ0n) is 9.51. The molecular weight excluding hydrogens is 266 g/mol. The van der Waals surface area contributed by atoms with Crippen LogP contribution in [0.2, 0.25) is 0 Å². The summed E-state index contributed by atoms with van der Waals surface area (Å²) in [6.07, 6.45) is -2.11. The van der Waals surface area contributed by atoms with Gasteiger partial charge in [0, 0.05) is 10.9 Å². The number of thioether (sulfide) groups is 1. The molecule has 18 heavy (non-hydrogen) atoms. The fraction of sp³-hybridized carbons (Fsp3) is 0.333. The predicted octanol–water partition coefficient (Wildman–Crippen LogP) is 4.51. The molecule has 0 aliphatic carbocycles. The molecule has 2 rings (SSSR count). The number of hydrogen-bond acceptors (Lipinski definition) is 2. The normalized spacial score (nSPS) is 20.1. The Morgan fingerprint density at radius 2 is 2.00 bits per heavy atom. The van der Waals surface area contributed by atoms with Gasteiger partial charge >= 0.3 is 6.18 Å². The number of benzene rings is 1. The molecule has 0 saturated carbocycles. The highest BCUT2D eigenvalue weighted by molar-refractivity contribution is 8.03. The number of halogens is 4. The third-order valence-electron chi connectivity index (χ3n) is 2.75. The van der Waals surface area contributed by atoms with Crippen molar-refractivity contribution in [2.75, 3.05) is 5.73 Å². The van der Waals surface area contributed by atoms with Crippen molar-refractivity contribution in [3.63, 3.8) is 0 Å². The van der Waals surface area contributed by atoms with Crippen LogP contribution < -0.4 is 5.73 Å². The van der Waals surface area contributed by atoms with Crippen molar-refractivity contribution >= 4 is 17.4 Å². The van der Waals surface area contributed by atoms with Crippen LogP contribution in [-0.4, -0.2) is 0 Å². The Hall–Kier alpha value is -1.17. The van der Waals surface area contributed by atoms with Gasteiger partial charge in [-0.1, -0.05) is 6.08 Å². The second kappa shape index (κ2) is 4.50. The molecule has 0 fully saturated rings. The van der Waals surface area contributed by atoms with Gasteiger partial charge in [0.05, 0.1) is 0 Å². The van der Waals surface area contributed by atoms with Crippen LogP contribution in [0.3, 0.4) is 0 Å². The molecular formula is C12H11F4NS. The zero-order valence-corrected chi connectivity index (χ0v) is 10.3. The molecule has 0 bridgehead atoms. The Kier molecular flexibility index (Phi) is 3.31. The van der Waals surface area contributed by atoms with E-state index in [0.29, 0.717) is 12.0 Å². The number of nitrogen functional groups attached to an aromatic ring is 1. The number of alkyl halides is 3. The van der Waals surface area contributed by atoms with Crippen molar-refractivity contribution in [1.29, 1.82) is 0 Å². The van der Waals surface area contributed by atoms with E-state index in [9.17, 15) is 17.6 Å². The van der Waals surface area contributed by atoms with Gasteiger partial charge in [-0.2, -0.15) is 13.2 Å². The molecule has 1 aliphatic heterocycles. The standard InChI is InChI=1S/C12H11F4NS/c1-6-2-3-10(18-6)7-4-8(13)11(9(17)5-7)12(14,15)16/h2,4-5,10H,3,17H2,1H3. The zero-order chi connectivity index (χ0) is 13.5. The smallest absolute Gasteiger partial charge is 0.398 e. The molecule has 1 aromatic rings. The van der Waals surface area contributed by atoms with Crippen LogP contribution >= 0.6 is 11.8 Å². The van der Waals surface area contributed by atoms with Crippen molar-refractivity contribution in [2.45, 2.75) is 24.8 Å². The van der Waals surface area contributed by atoms with Gasteiger partial charge in [0.1, 0.15) is 11.4 Å². The lowest BCUT2D eigenvalue weighted by atomic mass is 10.0. The van der Waals surface area contributed by atoms with E-state index in [4.69, 9.17) is 5.73 Å². The monoisotopic (exact) mass is 277 g/mol. The van der Waals surface area contributed by atoms with Crippen molar-refractivity contribution in [2.24, 2.45) is 0 Å². The van der Waals surface area contributed by atoms with Crippen LogP contribution in [0.25, 0.3) is 0 Å². The molecule has 1 nitrogen and oxygen atoms in total. The molecule has 0 radical (unpaired) electrons. The lowest BCUT2D eigenvalue weighted by molar-refractivity contribution is -0.139. The van der Waals surface area contributed by atoms with Gasteiger partial charge in [0.25, 0.3) is 0 Å². The average Bonchev–Trinajstić information content (AvgIpc) is 2.61. The van der Waals surface area contributed by atoms with Crippen LogP contribution in [-0.2, 0) is 6.18 Å². The first kappa shape index (κ1) is 13.3. The molecule has 98 valence electrons. The molecule has 1 heterocycles. The van der Waals surface area contributed by atoms with E-state index in [0.717, 1.165) is 11.0 Å². The predicted molar refractivity (Wildman–Crippen MR) is 64.5 cm³/mol. The maximum atomic E-state index is 13.5. The molecule has 0 aromatic heterocycles. The summed E-state index contributed by atoms with van der Waals surface area (Å²) in [4.78, 5) is 1.08. The minimum atomic E-state index is -4.76.